The predicted molar refractivity (Wildman–Crippen MR) is 49.6 cm³/mol. The Hall–Kier alpha value is -1.67. The summed E-state index contributed by atoms with van der Waals surface area (Å²) >= 11 is 0. The average molecular weight is 162 g/mol. The summed E-state index contributed by atoms with van der Waals surface area (Å²) in [7, 11) is 3.82. The molecule has 1 rings (SSSR count). The Labute approximate surface area is 71.1 Å². The molecule has 0 amide bonds. The topological polar surface area (TPSA) is 52.0 Å². The molecule has 0 aliphatic heterocycles. The molecule has 0 saturated heterocycles. The van der Waals surface area contributed by atoms with Gasteiger partial charge in [-0.1, -0.05) is 23.3 Å². The summed E-state index contributed by atoms with van der Waals surface area (Å²) in [6, 6.07) is 7.45. The Balaban J connectivity index is 3.17. The van der Waals surface area contributed by atoms with Gasteiger partial charge in [0.05, 0.1) is 5.69 Å². The highest BCUT2D eigenvalue weighted by Crippen LogP contribution is 2.26. The summed E-state index contributed by atoms with van der Waals surface area (Å²) in [5.41, 5.74) is 9.85. The summed E-state index contributed by atoms with van der Waals surface area (Å²) in [4.78, 5) is 4.65. The maximum absolute atomic E-state index is 8.27. The summed E-state index contributed by atoms with van der Waals surface area (Å²) in [5.74, 6) is 0. The molecule has 0 N–H and O–H groups in total. The van der Waals surface area contributed by atoms with Crippen LogP contribution in [0.1, 0.15) is 0 Å². The minimum absolute atomic E-state index is 0.657. The number of benzene rings is 1. The highest BCUT2D eigenvalue weighted by atomic mass is 15.2. The molecule has 62 valence electrons. The molecule has 0 spiro atoms. The van der Waals surface area contributed by atoms with Crippen molar-refractivity contribution in [1.29, 1.82) is 0 Å². The SMILES string of the molecule is CN(C)c1ccccc1N=[N+]=[N-]. The predicted octanol–water partition coefficient (Wildman–Crippen LogP) is 2.69. The van der Waals surface area contributed by atoms with Crippen LogP contribution < -0.4 is 4.90 Å². The first-order valence-corrected chi connectivity index (χ1v) is 3.57. The molecule has 1 aromatic rings. The lowest BCUT2D eigenvalue weighted by molar-refractivity contribution is 1.13. The molecule has 0 aliphatic rings. The van der Waals surface area contributed by atoms with Crippen LogP contribution in [0.4, 0.5) is 11.4 Å². The van der Waals surface area contributed by atoms with Crippen molar-refractivity contribution in [2.75, 3.05) is 19.0 Å². The van der Waals surface area contributed by atoms with Crippen molar-refractivity contribution in [3.63, 3.8) is 0 Å². The molecule has 0 bridgehead atoms. The fourth-order valence-corrected chi connectivity index (χ4v) is 0.975. The molecule has 0 saturated carbocycles. The molecule has 0 unspecified atom stereocenters. The second kappa shape index (κ2) is 3.64. The second-order valence-electron chi connectivity index (χ2n) is 2.57. The molecular formula is C8H10N4. The van der Waals surface area contributed by atoms with Crippen LogP contribution in [0.15, 0.2) is 29.4 Å². The van der Waals surface area contributed by atoms with E-state index < -0.39 is 0 Å². The third kappa shape index (κ3) is 1.68. The van der Waals surface area contributed by atoms with Crippen molar-refractivity contribution in [2.45, 2.75) is 0 Å². The van der Waals surface area contributed by atoms with Crippen LogP contribution in [0.5, 0.6) is 0 Å². The molecule has 0 aliphatic carbocycles. The lowest BCUT2D eigenvalue weighted by Crippen LogP contribution is -2.08. The first kappa shape index (κ1) is 8.43. The van der Waals surface area contributed by atoms with E-state index in [4.69, 9.17) is 5.53 Å². The molecule has 0 atom stereocenters. The smallest absolute Gasteiger partial charge is 0.0608 e. The van der Waals surface area contributed by atoms with Crippen LogP contribution in [0.2, 0.25) is 0 Å². The molecular weight excluding hydrogens is 152 g/mol. The summed E-state index contributed by atoms with van der Waals surface area (Å²) < 4.78 is 0. The van der Waals surface area contributed by atoms with Crippen molar-refractivity contribution in [3.05, 3.63) is 34.7 Å². The van der Waals surface area contributed by atoms with Crippen molar-refractivity contribution >= 4 is 11.4 Å². The van der Waals surface area contributed by atoms with Gasteiger partial charge in [-0.05, 0) is 11.6 Å². The van der Waals surface area contributed by atoms with Crippen LogP contribution in [-0.4, -0.2) is 14.1 Å². The Morgan fingerprint density at radius 3 is 2.58 bits per heavy atom. The van der Waals surface area contributed by atoms with Gasteiger partial charge in [-0.2, -0.15) is 0 Å². The lowest BCUT2D eigenvalue weighted by Gasteiger charge is -2.13. The van der Waals surface area contributed by atoms with Crippen LogP contribution in [0, 0.1) is 0 Å². The standard InChI is InChI=1S/C8H10N4/c1-12(2)8-6-4-3-5-7(8)10-11-9/h3-6H,1-2H3. The number of hydrogen-bond acceptors (Lipinski definition) is 2. The van der Waals surface area contributed by atoms with E-state index >= 15 is 0 Å². The largest absolute Gasteiger partial charge is 0.377 e. The molecule has 0 aromatic heterocycles. The van der Waals surface area contributed by atoms with Crippen molar-refractivity contribution < 1.29 is 0 Å². The maximum Gasteiger partial charge on any atom is 0.0608 e. The Morgan fingerprint density at radius 1 is 1.33 bits per heavy atom. The van der Waals surface area contributed by atoms with Crippen LogP contribution in [0.25, 0.3) is 10.4 Å². The number of azide groups is 1. The molecule has 0 fully saturated rings. The Kier molecular flexibility index (Phi) is 2.56. The number of hydrogen-bond donors (Lipinski definition) is 0. The first-order valence-electron chi connectivity index (χ1n) is 3.57. The van der Waals surface area contributed by atoms with E-state index in [0.717, 1.165) is 5.69 Å². The fraction of sp³-hybridized carbons (Fsp3) is 0.250. The van der Waals surface area contributed by atoms with Gasteiger partial charge in [-0.15, -0.1) is 0 Å². The summed E-state index contributed by atoms with van der Waals surface area (Å²) in [5, 5.41) is 3.57. The zero-order chi connectivity index (χ0) is 8.97. The maximum atomic E-state index is 8.27. The number of rotatable bonds is 2. The van der Waals surface area contributed by atoms with Crippen molar-refractivity contribution in [3.8, 4) is 0 Å². The second-order valence-corrected chi connectivity index (χ2v) is 2.57. The average Bonchev–Trinajstić information content (AvgIpc) is 2.05. The highest BCUT2D eigenvalue weighted by molar-refractivity contribution is 5.65. The van der Waals surface area contributed by atoms with Gasteiger partial charge in [0.1, 0.15) is 0 Å². The Morgan fingerprint density at radius 2 is 2.00 bits per heavy atom. The van der Waals surface area contributed by atoms with Gasteiger partial charge < -0.3 is 4.90 Å². The van der Waals surface area contributed by atoms with E-state index in [-0.39, 0.29) is 0 Å². The quantitative estimate of drug-likeness (QED) is 0.374. The molecule has 0 radical (unpaired) electrons. The van der Waals surface area contributed by atoms with Gasteiger partial charge in [0.15, 0.2) is 0 Å². The van der Waals surface area contributed by atoms with Gasteiger partial charge in [0, 0.05) is 24.7 Å². The van der Waals surface area contributed by atoms with Crippen molar-refractivity contribution in [2.24, 2.45) is 5.11 Å². The van der Waals surface area contributed by atoms with Crippen LogP contribution in [0.3, 0.4) is 0 Å². The molecule has 12 heavy (non-hydrogen) atoms. The number of nitrogens with zero attached hydrogens (tertiary/aromatic N) is 4. The third-order valence-electron chi connectivity index (χ3n) is 1.52. The van der Waals surface area contributed by atoms with Crippen LogP contribution in [-0.2, 0) is 0 Å². The van der Waals surface area contributed by atoms with E-state index in [2.05, 4.69) is 10.0 Å². The molecule has 4 heteroatoms. The van der Waals surface area contributed by atoms with Crippen molar-refractivity contribution in [1.82, 2.24) is 0 Å². The van der Waals surface area contributed by atoms with E-state index in [1.54, 1.807) is 6.07 Å². The normalized spacial score (nSPS) is 8.83. The molecule has 1 aromatic carbocycles. The fourth-order valence-electron chi connectivity index (χ4n) is 0.975. The van der Waals surface area contributed by atoms with Gasteiger partial charge in [-0.25, -0.2) is 0 Å². The van der Waals surface area contributed by atoms with E-state index in [1.807, 2.05) is 37.2 Å². The third-order valence-corrected chi connectivity index (χ3v) is 1.52. The summed E-state index contributed by atoms with van der Waals surface area (Å²) in [6.07, 6.45) is 0. The summed E-state index contributed by atoms with van der Waals surface area (Å²) in [6.45, 7) is 0. The zero-order valence-corrected chi connectivity index (χ0v) is 7.10. The number of para-hydroxylation sites is 1. The minimum atomic E-state index is 0.657. The Bertz CT molecular complexity index is 313. The van der Waals surface area contributed by atoms with Gasteiger partial charge in [-0.3, -0.25) is 0 Å². The number of anilines is 1. The van der Waals surface area contributed by atoms with E-state index in [1.165, 1.54) is 0 Å². The van der Waals surface area contributed by atoms with Gasteiger partial charge >= 0.3 is 0 Å². The first-order chi connectivity index (χ1) is 5.75. The molecule has 4 nitrogen and oxygen atoms in total. The van der Waals surface area contributed by atoms with E-state index in [9.17, 15) is 0 Å². The highest BCUT2D eigenvalue weighted by Gasteiger charge is 1.99. The minimum Gasteiger partial charge on any atom is -0.377 e. The van der Waals surface area contributed by atoms with Crippen LogP contribution >= 0.6 is 0 Å². The lowest BCUT2D eigenvalue weighted by atomic mass is 10.2. The van der Waals surface area contributed by atoms with Gasteiger partial charge in [0.2, 0.25) is 0 Å². The monoisotopic (exact) mass is 162 g/mol. The van der Waals surface area contributed by atoms with E-state index in [0.29, 0.717) is 5.69 Å². The molecule has 0 heterocycles. The van der Waals surface area contributed by atoms with Gasteiger partial charge in [0.25, 0.3) is 0 Å². The zero-order valence-electron chi connectivity index (χ0n) is 7.10.